The largest absolute Gasteiger partial charge is 0.481 e. The van der Waals surface area contributed by atoms with Crippen molar-refractivity contribution in [2.45, 2.75) is 32.2 Å². The lowest BCUT2D eigenvalue weighted by atomic mass is 9.89. The van der Waals surface area contributed by atoms with Gasteiger partial charge in [-0.15, -0.1) is 0 Å². The second kappa shape index (κ2) is 9.12. The molecule has 2 aliphatic rings. The van der Waals surface area contributed by atoms with Crippen molar-refractivity contribution >= 4 is 23.1 Å². The molecule has 7 nitrogen and oxygen atoms in total. The Labute approximate surface area is 213 Å². The van der Waals surface area contributed by atoms with E-state index in [4.69, 9.17) is 9.47 Å². The van der Waals surface area contributed by atoms with Crippen molar-refractivity contribution in [3.8, 4) is 22.7 Å². The fourth-order valence-electron chi connectivity index (χ4n) is 5.51. The van der Waals surface area contributed by atoms with Crippen LogP contribution in [-0.4, -0.2) is 47.2 Å². The van der Waals surface area contributed by atoms with E-state index < -0.39 is 5.97 Å². The average Bonchev–Trinajstić information content (AvgIpc) is 3.50. The first-order valence-electron chi connectivity index (χ1n) is 12.3. The molecule has 37 heavy (non-hydrogen) atoms. The van der Waals surface area contributed by atoms with Gasteiger partial charge in [0.25, 0.3) is 0 Å². The number of aliphatic imine (C=N–C) groups is 1. The van der Waals surface area contributed by atoms with E-state index in [9.17, 15) is 14.3 Å². The maximum absolute atomic E-state index is 14.3. The highest BCUT2D eigenvalue weighted by molar-refractivity contribution is 6.04. The number of carboxylic acid groups (broad SMARTS) is 1. The summed E-state index contributed by atoms with van der Waals surface area (Å²) >= 11 is 0. The summed E-state index contributed by atoms with van der Waals surface area (Å²) in [7, 11) is 1.50. The predicted molar refractivity (Wildman–Crippen MR) is 139 cm³/mol. The third-order valence-electron chi connectivity index (χ3n) is 7.31. The van der Waals surface area contributed by atoms with E-state index in [0.717, 1.165) is 57.4 Å². The molecule has 1 saturated heterocycles. The SMILES string of the molecule is COc1nc(C(=O)O)ccc1-c1c(C2CCOCC2)n(-c2ccc(F)c(C)c2)c2cc3c(cc12)CN=C3. The van der Waals surface area contributed by atoms with Crippen molar-refractivity contribution in [3.05, 3.63) is 76.4 Å². The maximum atomic E-state index is 14.3. The zero-order valence-electron chi connectivity index (χ0n) is 20.6. The van der Waals surface area contributed by atoms with Crippen molar-refractivity contribution in [2.75, 3.05) is 20.3 Å². The second-order valence-electron chi connectivity index (χ2n) is 9.51. The molecule has 188 valence electrons. The lowest BCUT2D eigenvalue weighted by Gasteiger charge is -2.26. The van der Waals surface area contributed by atoms with Crippen LogP contribution in [0.15, 0.2) is 47.5 Å². The van der Waals surface area contributed by atoms with Gasteiger partial charge in [-0.1, -0.05) is 0 Å². The highest BCUT2D eigenvalue weighted by atomic mass is 19.1. The number of hydrogen-bond donors (Lipinski definition) is 1. The maximum Gasteiger partial charge on any atom is 0.354 e. The zero-order valence-corrected chi connectivity index (χ0v) is 20.6. The molecule has 0 bridgehead atoms. The molecule has 6 rings (SSSR count). The fourth-order valence-corrected chi connectivity index (χ4v) is 5.51. The van der Waals surface area contributed by atoms with Gasteiger partial charge in [-0.05, 0) is 78.9 Å². The van der Waals surface area contributed by atoms with Crippen LogP contribution in [0.5, 0.6) is 5.88 Å². The number of halogens is 1. The smallest absolute Gasteiger partial charge is 0.354 e. The third-order valence-corrected chi connectivity index (χ3v) is 7.31. The molecular weight excluding hydrogens is 473 g/mol. The summed E-state index contributed by atoms with van der Waals surface area (Å²) in [4.78, 5) is 20.4. The minimum absolute atomic E-state index is 0.0830. The Hall–Kier alpha value is -4.04. The number of aromatic carboxylic acids is 1. The molecule has 1 fully saturated rings. The van der Waals surface area contributed by atoms with Crippen molar-refractivity contribution in [2.24, 2.45) is 4.99 Å². The Bertz CT molecular complexity index is 1580. The van der Waals surface area contributed by atoms with E-state index in [0.29, 0.717) is 25.3 Å². The van der Waals surface area contributed by atoms with Gasteiger partial charge in [0.1, 0.15) is 5.82 Å². The van der Waals surface area contributed by atoms with Gasteiger partial charge >= 0.3 is 5.97 Å². The van der Waals surface area contributed by atoms with Crippen molar-refractivity contribution < 1.29 is 23.8 Å². The number of aromatic nitrogens is 2. The zero-order chi connectivity index (χ0) is 25.7. The molecule has 0 aliphatic carbocycles. The molecule has 4 heterocycles. The summed E-state index contributed by atoms with van der Waals surface area (Å²) in [6, 6.07) is 12.8. The van der Waals surface area contributed by atoms with Gasteiger partial charge in [-0.2, -0.15) is 0 Å². The second-order valence-corrected chi connectivity index (χ2v) is 9.51. The summed E-state index contributed by atoms with van der Waals surface area (Å²) in [6.45, 7) is 3.65. The molecule has 0 radical (unpaired) electrons. The quantitative estimate of drug-likeness (QED) is 0.382. The summed E-state index contributed by atoms with van der Waals surface area (Å²) in [6.07, 6.45) is 3.54. The van der Waals surface area contributed by atoms with Crippen molar-refractivity contribution in [1.82, 2.24) is 9.55 Å². The van der Waals surface area contributed by atoms with Crippen LogP contribution in [0.2, 0.25) is 0 Å². The number of aryl methyl sites for hydroxylation is 1. The number of fused-ring (bicyclic) bond motifs is 2. The van der Waals surface area contributed by atoms with E-state index >= 15 is 0 Å². The van der Waals surface area contributed by atoms with Crippen molar-refractivity contribution in [3.63, 3.8) is 0 Å². The Morgan fingerprint density at radius 2 is 1.97 bits per heavy atom. The fraction of sp³-hybridized carbons (Fsp3) is 0.276. The molecule has 4 aromatic rings. The topological polar surface area (TPSA) is 85.9 Å². The van der Waals surface area contributed by atoms with Gasteiger partial charge in [0.15, 0.2) is 5.69 Å². The lowest BCUT2D eigenvalue weighted by molar-refractivity contribution is 0.0689. The minimum Gasteiger partial charge on any atom is -0.481 e. The number of hydrogen-bond acceptors (Lipinski definition) is 5. The molecule has 0 unspecified atom stereocenters. The molecule has 1 N–H and O–H groups in total. The van der Waals surface area contributed by atoms with Crippen LogP contribution in [0.3, 0.4) is 0 Å². The van der Waals surface area contributed by atoms with Gasteiger partial charge in [0.2, 0.25) is 5.88 Å². The molecule has 0 atom stereocenters. The van der Waals surface area contributed by atoms with Crippen LogP contribution in [0.25, 0.3) is 27.7 Å². The van der Waals surface area contributed by atoms with Gasteiger partial charge in [0, 0.05) is 53.2 Å². The Morgan fingerprint density at radius 3 is 2.70 bits per heavy atom. The predicted octanol–water partition coefficient (Wildman–Crippen LogP) is 5.67. The molecule has 2 aliphatic heterocycles. The van der Waals surface area contributed by atoms with Crippen LogP contribution < -0.4 is 4.74 Å². The standard InChI is InChI=1S/C29H26FN3O4/c1-16-11-20(3-5-23(16)30)33-25-13-19-15-31-14-18(19)12-22(25)26(27(33)17-7-9-37-10-8-17)21-4-6-24(29(34)35)32-28(21)36-2/h3-6,11-13,15,17H,7-10,14H2,1-2H3,(H,34,35). The number of benzene rings is 2. The summed E-state index contributed by atoms with van der Waals surface area (Å²) in [5.41, 5.74) is 7.21. The molecular formula is C29H26FN3O4. The average molecular weight is 500 g/mol. The van der Waals surface area contributed by atoms with Crippen LogP contribution in [0.4, 0.5) is 4.39 Å². The van der Waals surface area contributed by atoms with Gasteiger partial charge < -0.3 is 19.1 Å². The van der Waals surface area contributed by atoms with E-state index in [2.05, 4.69) is 26.7 Å². The molecule has 2 aromatic carbocycles. The van der Waals surface area contributed by atoms with Crippen LogP contribution >= 0.6 is 0 Å². The minimum atomic E-state index is -1.12. The number of methoxy groups -OCH3 is 1. The number of ether oxygens (including phenoxy) is 2. The summed E-state index contributed by atoms with van der Waals surface area (Å²) in [5.74, 6) is -0.960. The van der Waals surface area contributed by atoms with Crippen molar-refractivity contribution in [1.29, 1.82) is 0 Å². The van der Waals surface area contributed by atoms with E-state index in [1.165, 1.54) is 19.2 Å². The number of pyridine rings is 1. The van der Waals surface area contributed by atoms with E-state index in [1.807, 2.05) is 12.3 Å². The monoisotopic (exact) mass is 499 g/mol. The highest BCUT2D eigenvalue weighted by Crippen LogP contribution is 2.46. The highest BCUT2D eigenvalue weighted by Gasteiger charge is 2.30. The number of rotatable bonds is 5. The third kappa shape index (κ3) is 3.88. The van der Waals surface area contributed by atoms with Gasteiger partial charge in [-0.25, -0.2) is 14.2 Å². The summed E-state index contributed by atoms with van der Waals surface area (Å²) in [5, 5.41) is 10.5. The number of nitrogens with zero attached hydrogens (tertiary/aromatic N) is 3. The normalized spacial score (nSPS) is 15.3. The Balaban J connectivity index is 1.74. The first-order chi connectivity index (χ1) is 18.0. The molecule has 2 aromatic heterocycles. The molecule has 0 spiro atoms. The van der Waals surface area contributed by atoms with E-state index in [1.54, 1.807) is 19.1 Å². The lowest BCUT2D eigenvalue weighted by Crippen LogP contribution is -2.17. The van der Waals surface area contributed by atoms with Crippen LogP contribution in [0.1, 0.15) is 51.6 Å². The van der Waals surface area contributed by atoms with E-state index in [-0.39, 0.29) is 23.3 Å². The van der Waals surface area contributed by atoms with Gasteiger partial charge in [0.05, 0.1) is 19.2 Å². The molecule has 0 saturated carbocycles. The molecule has 8 heteroatoms. The number of carbonyl (C=O) groups is 1. The number of carboxylic acids is 1. The Kier molecular flexibility index (Phi) is 5.76. The van der Waals surface area contributed by atoms with Gasteiger partial charge in [-0.3, -0.25) is 4.99 Å². The summed E-state index contributed by atoms with van der Waals surface area (Å²) < 4.78 is 27.9. The van der Waals surface area contributed by atoms with Crippen LogP contribution in [-0.2, 0) is 11.3 Å². The molecule has 0 amide bonds. The Morgan fingerprint density at radius 1 is 1.16 bits per heavy atom. The van der Waals surface area contributed by atoms with Crippen LogP contribution in [0, 0.1) is 12.7 Å². The first-order valence-corrected chi connectivity index (χ1v) is 12.3. The first kappa shape index (κ1) is 23.4.